The first-order valence-corrected chi connectivity index (χ1v) is 7.05. The maximum absolute atomic E-state index is 12.5. The Labute approximate surface area is 125 Å². The van der Waals surface area contributed by atoms with E-state index in [-0.39, 0.29) is 24.8 Å². The Kier molecular flexibility index (Phi) is 3.94. The number of ether oxygens (including phenoxy) is 1. The third kappa shape index (κ3) is 3.17. The number of hydrogen-bond acceptors (Lipinski definition) is 4. The van der Waals surface area contributed by atoms with Gasteiger partial charge in [0.25, 0.3) is 5.91 Å². The van der Waals surface area contributed by atoms with Crippen molar-refractivity contribution in [2.45, 2.75) is 40.8 Å². The van der Waals surface area contributed by atoms with Crippen LogP contribution < -0.4 is 5.32 Å². The summed E-state index contributed by atoms with van der Waals surface area (Å²) in [5.41, 5.74) is 1.87. The van der Waals surface area contributed by atoms with Crippen LogP contribution in [0.1, 0.15) is 43.6 Å². The molecule has 1 amide bonds. The SMILES string of the molecule is Cc1ccc2c(c1)C(=O)N(COC(=O)C(C)(C)C)C(C)N2. The lowest BCUT2D eigenvalue weighted by molar-refractivity contribution is -0.157. The molecular formula is C16H22N2O3. The molecule has 0 aromatic heterocycles. The van der Waals surface area contributed by atoms with E-state index in [9.17, 15) is 9.59 Å². The van der Waals surface area contributed by atoms with E-state index in [1.165, 1.54) is 4.90 Å². The molecule has 0 spiro atoms. The first-order chi connectivity index (χ1) is 9.70. The minimum absolute atomic E-state index is 0.0452. The van der Waals surface area contributed by atoms with E-state index in [0.29, 0.717) is 5.56 Å². The number of hydrogen-bond donors (Lipinski definition) is 1. The Morgan fingerprint density at radius 3 is 2.67 bits per heavy atom. The average Bonchev–Trinajstić information content (AvgIpc) is 2.38. The Balaban J connectivity index is 2.15. The third-order valence-corrected chi connectivity index (χ3v) is 3.45. The number of nitrogens with zero attached hydrogens (tertiary/aromatic N) is 1. The largest absolute Gasteiger partial charge is 0.444 e. The first kappa shape index (κ1) is 15.4. The number of fused-ring (bicyclic) bond motifs is 1. The molecule has 1 atom stereocenters. The number of rotatable bonds is 2. The minimum Gasteiger partial charge on any atom is -0.444 e. The topological polar surface area (TPSA) is 58.6 Å². The summed E-state index contributed by atoms with van der Waals surface area (Å²) in [4.78, 5) is 25.9. The van der Waals surface area contributed by atoms with Crippen molar-refractivity contribution in [1.29, 1.82) is 0 Å². The zero-order valence-corrected chi connectivity index (χ0v) is 13.2. The van der Waals surface area contributed by atoms with Gasteiger partial charge in [0.05, 0.1) is 11.0 Å². The van der Waals surface area contributed by atoms with Crippen LogP contribution in [-0.4, -0.2) is 29.7 Å². The van der Waals surface area contributed by atoms with Crippen LogP contribution in [0.3, 0.4) is 0 Å². The number of aryl methyl sites for hydroxylation is 1. The lowest BCUT2D eigenvalue weighted by atomic mass is 9.97. The number of amides is 1. The second-order valence-corrected chi connectivity index (χ2v) is 6.46. The van der Waals surface area contributed by atoms with Gasteiger partial charge < -0.3 is 10.1 Å². The monoisotopic (exact) mass is 290 g/mol. The zero-order valence-electron chi connectivity index (χ0n) is 13.2. The quantitative estimate of drug-likeness (QED) is 0.851. The fourth-order valence-electron chi connectivity index (χ4n) is 2.11. The van der Waals surface area contributed by atoms with Gasteiger partial charge in [0.2, 0.25) is 0 Å². The van der Waals surface area contributed by atoms with Crippen molar-refractivity contribution >= 4 is 17.6 Å². The fraction of sp³-hybridized carbons (Fsp3) is 0.500. The van der Waals surface area contributed by atoms with Gasteiger partial charge in [0.1, 0.15) is 6.17 Å². The summed E-state index contributed by atoms with van der Waals surface area (Å²) < 4.78 is 5.26. The highest BCUT2D eigenvalue weighted by Gasteiger charge is 2.31. The first-order valence-electron chi connectivity index (χ1n) is 7.05. The van der Waals surface area contributed by atoms with Crippen LogP contribution in [0.2, 0.25) is 0 Å². The lowest BCUT2D eigenvalue weighted by Crippen LogP contribution is -2.48. The molecule has 1 heterocycles. The molecule has 0 bridgehead atoms. The summed E-state index contributed by atoms with van der Waals surface area (Å²) >= 11 is 0. The van der Waals surface area contributed by atoms with E-state index in [1.807, 2.05) is 32.0 Å². The third-order valence-electron chi connectivity index (χ3n) is 3.45. The van der Waals surface area contributed by atoms with Crippen molar-refractivity contribution in [1.82, 2.24) is 4.90 Å². The van der Waals surface area contributed by atoms with E-state index in [0.717, 1.165) is 11.3 Å². The maximum atomic E-state index is 12.5. The standard InChI is InChI=1S/C16H22N2O3/c1-10-6-7-13-12(8-10)14(19)18(11(2)17-13)9-21-15(20)16(3,4)5/h6-8,11,17H,9H2,1-5H3. The number of carbonyl (C=O) groups is 2. The van der Waals surface area contributed by atoms with E-state index in [1.54, 1.807) is 20.8 Å². The van der Waals surface area contributed by atoms with Gasteiger partial charge in [-0.25, -0.2) is 0 Å². The van der Waals surface area contributed by atoms with Gasteiger partial charge in [-0.2, -0.15) is 0 Å². The molecule has 1 unspecified atom stereocenters. The van der Waals surface area contributed by atoms with Crippen LogP contribution in [0.15, 0.2) is 18.2 Å². The number of benzene rings is 1. The van der Waals surface area contributed by atoms with Crippen molar-refractivity contribution in [3.63, 3.8) is 0 Å². The molecular weight excluding hydrogens is 268 g/mol. The second kappa shape index (κ2) is 5.39. The molecule has 5 heteroatoms. The summed E-state index contributed by atoms with van der Waals surface area (Å²) in [6.45, 7) is 9.12. The van der Waals surface area contributed by atoms with Gasteiger partial charge in [-0.3, -0.25) is 14.5 Å². The van der Waals surface area contributed by atoms with Crippen molar-refractivity contribution in [2.24, 2.45) is 5.41 Å². The molecule has 1 N–H and O–H groups in total. The van der Waals surface area contributed by atoms with Crippen LogP contribution in [0.5, 0.6) is 0 Å². The molecule has 1 aromatic carbocycles. The molecule has 0 fully saturated rings. The molecule has 5 nitrogen and oxygen atoms in total. The highest BCUT2D eigenvalue weighted by atomic mass is 16.5. The molecule has 0 aliphatic carbocycles. The predicted molar refractivity (Wildman–Crippen MR) is 80.8 cm³/mol. The Bertz CT molecular complexity index is 575. The summed E-state index contributed by atoms with van der Waals surface area (Å²) in [5.74, 6) is -0.445. The van der Waals surface area contributed by atoms with E-state index in [4.69, 9.17) is 4.74 Å². The zero-order chi connectivity index (χ0) is 15.8. The van der Waals surface area contributed by atoms with Gasteiger partial charge in [0.15, 0.2) is 6.73 Å². The van der Waals surface area contributed by atoms with Crippen LogP contribution >= 0.6 is 0 Å². The van der Waals surface area contributed by atoms with Crippen molar-refractivity contribution in [3.8, 4) is 0 Å². The summed E-state index contributed by atoms with van der Waals surface area (Å²) in [6, 6.07) is 5.70. The molecule has 0 radical (unpaired) electrons. The van der Waals surface area contributed by atoms with Gasteiger partial charge in [-0.15, -0.1) is 0 Å². The highest BCUT2D eigenvalue weighted by molar-refractivity contribution is 6.01. The molecule has 1 aromatic rings. The van der Waals surface area contributed by atoms with Gasteiger partial charge in [-0.1, -0.05) is 11.6 Å². The van der Waals surface area contributed by atoms with E-state index < -0.39 is 5.41 Å². The normalized spacial score (nSPS) is 18.0. The number of carbonyl (C=O) groups excluding carboxylic acids is 2. The molecule has 2 rings (SSSR count). The van der Waals surface area contributed by atoms with Gasteiger partial charge >= 0.3 is 5.97 Å². The van der Waals surface area contributed by atoms with Gasteiger partial charge in [0, 0.05) is 5.69 Å². The van der Waals surface area contributed by atoms with Crippen LogP contribution in [-0.2, 0) is 9.53 Å². The number of nitrogens with one attached hydrogen (secondary N) is 1. The Morgan fingerprint density at radius 2 is 2.05 bits per heavy atom. The van der Waals surface area contributed by atoms with Crippen molar-refractivity contribution < 1.29 is 14.3 Å². The Morgan fingerprint density at radius 1 is 1.38 bits per heavy atom. The van der Waals surface area contributed by atoms with Crippen LogP contribution in [0.25, 0.3) is 0 Å². The van der Waals surface area contributed by atoms with Crippen molar-refractivity contribution in [2.75, 3.05) is 12.0 Å². The van der Waals surface area contributed by atoms with Gasteiger partial charge in [-0.05, 0) is 46.8 Å². The lowest BCUT2D eigenvalue weighted by Gasteiger charge is -2.35. The molecule has 21 heavy (non-hydrogen) atoms. The smallest absolute Gasteiger partial charge is 0.312 e. The summed E-state index contributed by atoms with van der Waals surface area (Å²) in [7, 11) is 0. The predicted octanol–water partition coefficient (Wildman–Crippen LogP) is 2.76. The molecule has 1 aliphatic rings. The molecule has 1 aliphatic heterocycles. The number of esters is 1. The van der Waals surface area contributed by atoms with Crippen LogP contribution in [0.4, 0.5) is 5.69 Å². The molecule has 0 saturated heterocycles. The fourth-order valence-corrected chi connectivity index (χ4v) is 2.11. The van der Waals surface area contributed by atoms with E-state index >= 15 is 0 Å². The summed E-state index contributed by atoms with van der Waals surface area (Å²) in [5, 5.41) is 3.24. The number of anilines is 1. The minimum atomic E-state index is -0.579. The Hall–Kier alpha value is -2.04. The molecule has 114 valence electrons. The average molecular weight is 290 g/mol. The second-order valence-electron chi connectivity index (χ2n) is 6.46. The van der Waals surface area contributed by atoms with Crippen molar-refractivity contribution in [3.05, 3.63) is 29.3 Å². The molecule has 0 saturated carbocycles. The highest BCUT2D eigenvalue weighted by Crippen LogP contribution is 2.26. The maximum Gasteiger partial charge on any atom is 0.312 e. The van der Waals surface area contributed by atoms with E-state index in [2.05, 4.69) is 5.32 Å². The van der Waals surface area contributed by atoms with Crippen LogP contribution in [0, 0.1) is 12.3 Å². The summed E-state index contributed by atoms with van der Waals surface area (Å²) in [6.07, 6.45) is -0.222.